The summed E-state index contributed by atoms with van der Waals surface area (Å²) >= 11 is 5.82. The van der Waals surface area contributed by atoms with E-state index in [-0.39, 0.29) is 24.0 Å². The van der Waals surface area contributed by atoms with E-state index >= 15 is 0 Å². The Kier molecular flexibility index (Phi) is 5.60. The van der Waals surface area contributed by atoms with Crippen LogP contribution < -0.4 is 16.4 Å². The second kappa shape index (κ2) is 8.10. The number of carbonyl (C=O) groups is 2. The number of nitrogens with one attached hydrogen (secondary N) is 2. The van der Waals surface area contributed by atoms with Crippen LogP contribution in [0.15, 0.2) is 42.5 Å². The van der Waals surface area contributed by atoms with E-state index in [0.29, 0.717) is 16.4 Å². The summed E-state index contributed by atoms with van der Waals surface area (Å²) in [6.45, 7) is 3.68. The average molecular weight is 399 g/mol. The fourth-order valence-corrected chi connectivity index (χ4v) is 2.64. The minimum atomic E-state index is -0.527. The van der Waals surface area contributed by atoms with Crippen molar-refractivity contribution in [1.82, 2.24) is 15.0 Å². The van der Waals surface area contributed by atoms with Gasteiger partial charge in [-0.2, -0.15) is 0 Å². The Labute approximate surface area is 166 Å². The number of aromatic nitrogens is 3. The fraction of sp³-hybridized carbons (Fsp3) is 0.158. The Morgan fingerprint density at radius 3 is 2.54 bits per heavy atom. The van der Waals surface area contributed by atoms with Gasteiger partial charge >= 0.3 is 0 Å². The molecule has 2 aromatic carbocycles. The third-order valence-electron chi connectivity index (χ3n) is 4.05. The molecule has 0 atom stereocenters. The molecule has 0 unspecified atom stereocenters. The number of hydrogen-bond acceptors (Lipinski definition) is 5. The second-order valence-corrected chi connectivity index (χ2v) is 6.74. The Balaban J connectivity index is 1.68. The van der Waals surface area contributed by atoms with Gasteiger partial charge in [-0.25, -0.2) is 4.68 Å². The molecule has 0 fully saturated rings. The number of carbonyl (C=O) groups excluding carboxylic acids is 2. The molecule has 28 heavy (non-hydrogen) atoms. The predicted molar refractivity (Wildman–Crippen MR) is 108 cm³/mol. The summed E-state index contributed by atoms with van der Waals surface area (Å²) in [4.78, 5) is 24.7. The number of nitrogens with two attached hydrogens (primary N) is 1. The Hall–Kier alpha value is -3.39. The second-order valence-electron chi connectivity index (χ2n) is 6.31. The predicted octanol–water partition coefficient (Wildman–Crippen LogP) is 3.02. The largest absolute Gasteiger partial charge is 0.382 e. The number of anilines is 3. The van der Waals surface area contributed by atoms with Gasteiger partial charge in [0.1, 0.15) is 6.54 Å². The highest BCUT2D eigenvalue weighted by molar-refractivity contribution is 6.30. The van der Waals surface area contributed by atoms with Gasteiger partial charge in [-0.05, 0) is 55.3 Å². The number of nitrogens with zero attached hydrogens (tertiary/aromatic N) is 3. The molecule has 2 amide bonds. The van der Waals surface area contributed by atoms with Crippen LogP contribution in [0.5, 0.6) is 0 Å². The topological polar surface area (TPSA) is 115 Å². The van der Waals surface area contributed by atoms with Gasteiger partial charge in [-0.15, -0.1) is 5.10 Å². The van der Waals surface area contributed by atoms with Gasteiger partial charge in [0.05, 0.1) is 0 Å². The minimum absolute atomic E-state index is 0.00239. The van der Waals surface area contributed by atoms with Crippen molar-refractivity contribution in [2.24, 2.45) is 0 Å². The van der Waals surface area contributed by atoms with Crippen molar-refractivity contribution >= 4 is 40.6 Å². The van der Waals surface area contributed by atoms with Gasteiger partial charge in [0, 0.05) is 16.4 Å². The lowest BCUT2D eigenvalue weighted by molar-refractivity contribution is -0.116. The van der Waals surface area contributed by atoms with Gasteiger partial charge in [0.25, 0.3) is 5.91 Å². The molecule has 4 N–H and O–H groups in total. The molecule has 0 spiro atoms. The SMILES string of the molecule is Cc1ccc(C)c(NC(=O)Cn2nnc(C(=O)Nc3ccc(Cl)cc3)c2N)c1. The monoisotopic (exact) mass is 398 g/mol. The summed E-state index contributed by atoms with van der Waals surface area (Å²) in [5, 5.41) is 13.6. The minimum Gasteiger partial charge on any atom is -0.382 e. The maximum absolute atomic E-state index is 12.4. The van der Waals surface area contributed by atoms with E-state index in [1.165, 1.54) is 4.68 Å². The van der Waals surface area contributed by atoms with Crippen LogP contribution in [0.2, 0.25) is 5.02 Å². The van der Waals surface area contributed by atoms with Crippen LogP contribution in [-0.2, 0) is 11.3 Å². The van der Waals surface area contributed by atoms with Crippen molar-refractivity contribution in [2.75, 3.05) is 16.4 Å². The van der Waals surface area contributed by atoms with Crippen LogP contribution in [0.3, 0.4) is 0 Å². The molecule has 9 heteroatoms. The zero-order valence-corrected chi connectivity index (χ0v) is 16.1. The Morgan fingerprint density at radius 2 is 1.82 bits per heavy atom. The fourth-order valence-electron chi connectivity index (χ4n) is 2.52. The smallest absolute Gasteiger partial charge is 0.280 e. The van der Waals surface area contributed by atoms with Crippen LogP contribution in [0.4, 0.5) is 17.2 Å². The van der Waals surface area contributed by atoms with Crippen molar-refractivity contribution in [3.8, 4) is 0 Å². The van der Waals surface area contributed by atoms with Gasteiger partial charge in [-0.3, -0.25) is 9.59 Å². The molecule has 0 bridgehead atoms. The van der Waals surface area contributed by atoms with Crippen molar-refractivity contribution in [3.63, 3.8) is 0 Å². The number of nitrogen functional groups attached to an aromatic ring is 1. The molecule has 3 rings (SSSR count). The summed E-state index contributed by atoms with van der Waals surface area (Å²) in [6, 6.07) is 12.4. The highest BCUT2D eigenvalue weighted by Crippen LogP contribution is 2.18. The van der Waals surface area contributed by atoms with Crippen molar-refractivity contribution in [3.05, 3.63) is 64.3 Å². The summed E-state index contributed by atoms with van der Waals surface area (Å²) < 4.78 is 1.18. The van der Waals surface area contributed by atoms with Crippen molar-refractivity contribution in [1.29, 1.82) is 0 Å². The van der Waals surface area contributed by atoms with Crippen LogP contribution >= 0.6 is 11.6 Å². The number of rotatable bonds is 5. The molecule has 0 aliphatic rings. The van der Waals surface area contributed by atoms with Crippen molar-refractivity contribution in [2.45, 2.75) is 20.4 Å². The lowest BCUT2D eigenvalue weighted by Crippen LogP contribution is -2.22. The summed E-state index contributed by atoms with van der Waals surface area (Å²) in [5.74, 6) is -0.849. The van der Waals surface area contributed by atoms with E-state index in [4.69, 9.17) is 17.3 Å². The molecule has 0 aliphatic carbocycles. The number of hydrogen-bond donors (Lipinski definition) is 3. The molecule has 8 nitrogen and oxygen atoms in total. The molecular formula is C19H19ClN6O2. The third-order valence-corrected chi connectivity index (χ3v) is 4.30. The number of amides is 2. The van der Waals surface area contributed by atoms with Crippen LogP contribution in [0.25, 0.3) is 0 Å². The van der Waals surface area contributed by atoms with E-state index in [1.807, 2.05) is 32.0 Å². The van der Waals surface area contributed by atoms with E-state index in [0.717, 1.165) is 11.1 Å². The lowest BCUT2D eigenvalue weighted by Gasteiger charge is -2.10. The zero-order chi connectivity index (χ0) is 20.3. The van der Waals surface area contributed by atoms with Crippen molar-refractivity contribution < 1.29 is 9.59 Å². The third kappa shape index (κ3) is 4.47. The highest BCUT2D eigenvalue weighted by atomic mass is 35.5. The first-order chi connectivity index (χ1) is 13.3. The molecule has 1 heterocycles. The molecule has 1 aromatic heterocycles. The number of aryl methyl sites for hydroxylation is 2. The van der Waals surface area contributed by atoms with Crippen LogP contribution in [0, 0.1) is 13.8 Å². The first-order valence-corrected chi connectivity index (χ1v) is 8.84. The molecule has 144 valence electrons. The Morgan fingerprint density at radius 1 is 1.11 bits per heavy atom. The summed E-state index contributed by atoms with van der Waals surface area (Å²) in [7, 11) is 0. The lowest BCUT2D eigenvalue weighted by atomic mass is 10.1. The molecule has 0 saturated heterocycles. The molecular weight excluding hydrogens is 380 g/mol. The van der Waals surface area contributed by atoms with Crippen LogP contribution in [-0.4, -0.2) is 26.8 Å². The number of halogens is 1. The molecule has 3 aromatic rings. The van der Waals surface area contributed by atoms with Crippen LogP contribution in [0.1, 0.15) is 21.6 Å². The van der Waals surface area contributed by atoms with E-state index < -0.39 is 5.91 Å². The van der Waals surface area contributed by atoms with E-state index in [9.17, 15) is 9.59 Å². The maximum atomic E-state index is 12.4. The van der Waals surface area contributed by atoms with Gasteiger partial charge < -0.3 is 16.4 Å². The summed E-state index contributed by atoms with van der Waals surface area (Å²) in [5.41, 5.74) is 9.11. The first kappa shape index (κ1) is 19.4. The zero-order valence-electron chi connectivity index (χ0n) is 15.4. The van der Waals surface area contributed by atoms with E-state index in [1.54, 1.807) is 24.3 Å². The normalized spacial score (nSPS) is 10.5. The average Bonchev–Trinajstić information content (AvgIpc) is 3.00. The summed E-state index contributed by atoms with van der Waals surface area (Å²) in [6.07, 6.45) is 0. The molecule has 0 radical (unpaired) electrons. The Bertz CT molecular complexity index is 1030. The molecule has 0 aliphatic heterocycles. The quantitative estimate of drug-likeness (QED) is 0.611. The number of benzene rings is 2. The van der Waals surface area contributed by atoms with Gasteiger partial charge in [0.15, 0.2) is 11.5 Å². The standard InChI is InChI=1S/C19H19ClN6O2/c1-11-3-4-12(2)15(9-11)23-16(27)10-26-18(21)17(24-25-26)19(28)22-14-7-5-13(20)6-8-14/h3-9H,10,21H2,1-2H3,(H,22,28)(H,23,27). The highest BCUT2D eigenvalue weighted by Gasteiger charge is 2.19. The maximum Gasteiger partial charge on any atom is 0.280 e. The van der Waals surface area contributed by atoms with Gasteiger partial charge in [0.2, 0.25) is 5.91 Å². The van der Waals surface area contributed by atoms with Gasteiger partial charge in [-0.1, -0.05) is 28.9 Å². The van der Waals surface area contributed by atoms with E-state index in [2.05, 4.69) is 20.9 Å². The first-order valence-electron chi connectivity index (χ1n) is 8.46. The molecule has 0 saturated carbocycles.